The Hall–Kier alpha value is -0.370. The third-order valence-electron chi connectivity index (χ3n) is 2.15. The maximum absolute atomic E-state index is 11.0. The number of fused-ring (bicyclic) bond motifs is 1. The van der Waals surface area contributed by atoms with E-state index in [1.165, 1.54) is 6.08 Å². The Morgan fingerprint density at radius 2 is 2.36 bits per heavy atom. The third kappa shape index (κ3) is 1.72. The molecule has 0 aromatic heterocycles. The molecule has 0 amide bonds. The molecule has 1 saturated heterocycles. The van der Waals surface area contributed by atoms with Crippen molar-refractivity contribution < 1.29 is 13.5 Å². The summed E-state index contributed by atoms with van der Waals surface area (Å²) >= 11 is 1.57. The minimum Gasteiger partial charge on any atom is -0.387 e. The molecule has 0 aromatic rings. The van der Waals surface area contributed by atoms with E-state index in [1.807, 2.05) is 0 Å². The SMILES string of the molecule is NS(=O)(=O)C1=CC2SCCC(O)C2=N1. The largest absolute Gasteiger partial charge is 0.387 e. The Morgan fingerprint density at radius 1 is 1.64 bits per heavy atom. The van der Waals surface area contributed by atoms with Gasteiger partial charge in [-0.15, -0.1) is 11.8 Å². The fourth-order valence-electron chi connectivity index (χ4n) is 1.45. The van der Waals surface area contributed by atoms with Crippen LogP contribution in [0.4, 0.5) is 0 Å². The van der Waals surface area contributed by atoms with E-state index in [4.69, 9.17) is 5.14 Å². The van der Waals surface area contributed by atoms with E-state index in [-0.39, 0.29) is 10.3 Å². The Bertz CT molecular complexity index is 413. The molecule has 0 saturated carbocycles. The van der Waals surface area contributed by atoms with E-state index in [0.29, 0.717) is 12.1 Å². The van der Waals surface area contributed by atoms with Crippen molar-refractivity contribution >= 4 is 27.5 Å². The Kier molecular flexibility index (Phi) is 2.42. The van der Waals surface area contributed by atoms with Gasteiger partial charge in [0.1, 0.15) is 0 Å². The molecule has 3 N–H and O–H groups in total. The topological polar surface area (TPSA) is 92.8 Å². The fraction of sp³-hybridized carbons (Fsp3) is 0.571. The van der Waals surface area contributed by atoms with Crippen molar-refractivity contribution in [3.63, 3.8) is 0 Å². The summed E-state index contributed by atoms with van der Waals surface area (Å²) in [6.07, 6.45) is 1.49. The number of aliphatic hydroxyl groups excluding tert-OH is 1. The van der Waals surface area contributed by atoms with Crippen LogP contribution in [0, 0.1) is 0 Å². The number of primary sulfonamides is 1. The number of rotatable bonds is 1. The summed E-state index contributed by atoms with van der Waals surface area (Å²) < 4.78 is 22.0. The van der Waals surface area contributed by atoms with Crippen LogP contribution in [0.5, 0.6) is 0 Å². The predicted octanol–water partition coefficient (Wildman–Crippen LogP) is -0.563. The van der Waals surface area contributed by atoms with Gasteiger partial charge in [0, 0.05) is 0 Å². The molecule has 14 heavy (non-hydrogen) atoms. The summed E-state index contributed by atoms with van der Waals surface area (Å²) in [6.45, 7) is 0. The van der Waals surface area contributed by atoms with Gasteiger partial charge in [-0.25, -0.2) is 18.5 Å². The molecule has 78 valence electrons. The molecule has 0 spiro atoms. The lowest BCUT2D eigenvalue weighted by atomic mass is 10.1. The van der Waals surface area contributed by atoms with Crippen LogP contribution >= 0.6 is 11.8 Å². The van der Waals surface area contributed by atoms with E-state index in [0.717, 1.165) is 5.75 Å². The second kappa shape index (κ2) is 3.34. The monoisotopic (exact) mass is 234 g/mol. The minimum atomic E-state index is -3.74. The normalized spacial score (nSPS) is 32.1. The molecule has 2 atom stereocenters. The van der Waals surface area contributed by atoms with Crippen molar-refractivity contribution in [3.05, 3.63) is 11.1 Å². The standard InChI is InChI=1S/C7H10N2O3S2/c8-14(11,12)6-3-5-7(9-6)4(10)1-2-13-5/h3-5,10H,1-2H2,(H2,8,11,12). The Balaban J connectivity index is 2.35. The predicted molar refractivity (Wildman–Crippen MR) is 55.5 cm³/mol. The molecule has 7 heteroatoms. The van der Waals surface area contributed by atoms with E-state index < -0.39 is 16.1 Å². The smallest absolute Gasteiger partial charge is 0.255 e. The lowest BCUT2D eigenvalue weighted by Gasteiger charge is -2.22. The molecular formula is C7H10N2O3S2. The van der Waals surface area contributed by atoms with Gasteiger partial charge in [-0.1, -0.05) is 0 Å². The second-order valence-corrected chi connectivity index (χ2v) is 5.94. The van der Waals surface area contributed by atoms with Crippen LogP contribution in [0.2, 0.25) is 0 Å². The van der Waals surface area contributed by atoms with Crippen molar-refractivity contribution in [2.24, 2.45) is 10.1 Å². The molecule has 2 aliphatic rings. The first-order chi connectivity index (χ1) is 6.48. The lowest BCUT2D eigenvalue weighted by Crippen LogP contribution is -2.32. The van der Waals surface area contributed by atoms with E-state index >= 15 is 0 Å². The van der Waals surface area contributed by atoms with Crippen LogP contribution in [0.25, 0.3) is 0 Å². The summed E-state index contributed by atoms with van der Waals surface area (Å²) in [5.41, 5.74) is 0.519. The van der Waals surface area contributed by atoms with Crippen molar-refractivity contribution in [1.82, 2.24) is 0 Å². The first-order valence-electron chi connectivity index (χ1n) is 4.11. The summed E-state index contributed by atoms with van der Waals surface area (Å²) in [7, 11) is -3.74. The zero-order chi connectivity index (χ0) is 10.3. The molecular weight excluding hydrogens is 224 g/mol. The van der Waals surface area contributed by atoms with Gasteiger partial charge in [0.15, 0.2) is 5.03 Å². The molecule has 1 fully saturated rings. The van der Waals surface area contributed by atoms with Crippen molar-refractivity contribution in [3.8, 4) is 0 Å². The van der Waals surface area contributed by atoms with Gasteiger partial charge in [-0.05, 0) is 18.2 Å². The van der Waals surface area contributed by atoms with Crippen LogP contribution < -0.4 is 5.14 Å². The minimum absolute atomic E-state index is 0.118. The number of hydrogen-bond donors (Lipinski definition) is 2. The molecule has 0 aromatic carbocycles. The summed E-state index contributed by atoms with van der Waals surface area (Å²) in [5.74, 6) is 0.805. The number of nitrogens with zero attached hydrogens (tertiary/aromatic N) is 1. The Morgan fingerprint density at radius 3 is 2.93 bits per heavy atom. The summed E-state index contributed by atoms with van der Waals surface area (Å²) in [5, 5.41) is 14.3. The molecule has 2 rings (SSSR count). The number of hydrogen-bond acceptors (Lipinski definition) is 5. The quantitative estimate of drug-likeness (QED) is 0.636. The second-order valence-electron chi connectivity index (χ2n) is 3.18. The average molecular weight is 234 g/mol. The molecule has 0 radical (unpaired) electrons. The fourth-order valence-corrected chi connectivity index (χ4v) is 3.32. The van der Waals surface area contributed by atoms with Gasteiger partial charge in [0.2, 0.25) is 0 Å². The Labute approximate surface area is 86.1 Å². The van der Waals surface area contributed by atoms with Crippen LogP contribution in [0.3, 0.4) is 0 Å². The molecule has 0 aliphatic carbocycles. The summed E-state index contributed by atoms with van der Waals surface area (Å²) in [6, 6.07) is 0. The zero-order valence-electron chi connectivity index (χ0n) is 7.25. The van der Waals surface area contributed by atoms with Crippen molar-refractivity contribution in [2.45, 2.75) is 17.8 Å². The molecule has 2 unspecified atom stereocenters. The highest BCUT2D eigenvalue weighted by Crippen LogP contribution is 2.31. The van der Waals surface area contributed by atoms with Gasteiger partial charge in [0.05, 0.1) is 17.1 Å². The average Bonchev–Trinajstić information content (AvgIpc) is 2.48. The zero-order valence-corrected chi connectivity index (χ0v) is 8.88. The first kappa shape index (κ1) is 10.2. The van der Waals surface area contributed by atoms with E-state index in [1.54, 1.807) is 11.8 Å². The molecule has 2 aliphatic heterocycles. The third-order valence-corrected chi connectivity index (χ3v) is 4.16. The van der Waals surface area contributed by atoms with Crippen LogP contribution in [-0.4, -0.2) is 36.3 Å². The number of aliphatic imine (C=N–C) groups is 1. The highest BCUT2D eigenvalue weighted by atomic mass is 32.2. The van der Waals surface area contributed by atoms with Crippen molar-refractivity contribution in [2.75, 3.05) is 5.75 Å². The number of aliphatic hydroxyl groups is 1. The molecule has 5 nitrogen and oxygen atoms in total. The number of sulfonamides is 1. The highest BCUT2D eigenvalue weighted by Gasteiger charge is 2.33. The van der Waals surface area contributed by atoms with Crippen LogP contribution in [-0.2, 0) is 10.0 Å². The lowest BCUT2D eigenvalue weighted by molar-refractivity contribution is 0.236. The van der Waals surface area contributed by atoms with Crippen molar-refractivity contribution in [1.29, 1.82) is 0 Å². The van der Waals surface area contributed by atoms with Gasteiger partial charge in [-0.2, -0.15) is 0 Å². The van der Waals surface area contributed by atoms with E-state index in [9.17, 15) is 13.5 Å². The van der Waals surface area contributed by atoms with Crippen LogP contribution in [0.1, 0.15) is 6.42 Å². The highest BCUT2D eigenvalue weighted by molar-refractivity contribution is 8.01. The van der Waals surface area contributed by atoms with Gasteiger partial charge in [-0.3, -0.25) is 0 Å². The van der Waals surface area contributed by atoms with Gasteiger partial charge in [0.25, 0.3) is 10.0 Å². The molecule has 2 heterocycles. The maximum Gasteiger partial charge on any atom is 0.255 e. The number of thioether (sulfide) groups is 1. The van der Waals surface area contributed by atoms with Gasteiger partial charge >= 0.3 is 0 Å². The van der Waals surface area contributed by atoms with Crippen LogP contribution in [0.15, 0.2) is 16.1 Å². The maximum atomic E-state index is 11.0. The first-order valence-corrected chi connectivity index (χ1v) is 6.71. The number of nitrogens with two attached hydrogens (primary N) is 1. The van der Waals surface area contributed by atoms with Gasteiger partial charge < -0.3 is 5.11 Å². The summed E-state index contributed by atoms with van der Waals surface area (Å²) in [4.78, 5) is 3.86. The molecule has 0 bridgehead atoms. The van der Waals surface area contributed by atoms with E-state index in [2.05, 4.69) is 4.99 Å².